The maximum Gasteiger partial charge on any atom is 0.223 e. The number of nitrogens with zero attached hydrogens (tertiary/aromatic N) is 2. The van der Waals surface area contributed by atoms with Gasteiger partial charge in [-0.15, -0.1) is 0 Å². The summed E-state index contributed by atoms with van der Waals surface area (Å²) < 4.78 is 1.48. The van der Waals surface area contributed by atoms with Crippen molar-refractivity contribution in [1.82, 2.24) is 0 Å². The Morgan fingerprint density at radius 1 is 0.509 bits per heavy atom. The summed E-state index contributed by atoms with van der Waals surface area (Å²) >= 11 is 0. The minimum absolute atomic E-state index is 0. The minimum atomic E-state index is 0. The van der Waals surface area contributed by atoms with E-state index in [0.29, 0.717) is 11.5 Å². The molecule has 4 aromatic rings. The molecule has 0 saturated carbocycles. The molecule has 1 heterocycles. The number of rotatable bonds is 17. The van der Waals surface area contributed by atoms with Gasteiger partial charge in [-0.05, 0) is 105 Å². The molecular weight excluding hydrogens is 719 g/mol. The van der Waals surface area contributed by atoms with Crippen LogP contribution in [0.3, 0.4) is 0 Å². The van der Waals surface area contributed by atoms with Crippen molar-refractivity contribution in [3.63, 3.8) is 0 Å². The molecule has 1 aliphatic heterocycles. The van der Waals surface area contributed by atoms with Crippen LogP contribution in [0.15, 0.2) is 120 Å². The number of hydrogen-bond donors (Lipinski definition) is 2. The maximum absolute atomic E-state index is 12.0. The second-order valence-corrected chi connectivity index (χ2v) is 14.1. The molecule has 0 aromatic heterocycles. The topological polar surface area (TPSA) is 65.8 Å². The largest absolute Gasteiger partial charge is 0.508 e. The Balaban J connectivity index is 0.000000577. The van der Waals surface area contributed by atoms with E-state index in [0.717, 1.165) is 73.0 Å². The van der Waals surface area contributed by atoms with Gasteiger partial charge >= 0.3 is 0 Å². The molecule has 55 heavy (non-hydrogen) atoms. The van der Waals surface area contributed by atoms with Gasteiger partial charge in [0.2, 0.25) is 11.4 Å². The van der Waals surface area contributed by atoms with Crippen LogP contribution in [-0.2, 0) is 29.3 Å². The molecule has 4 aromatic carbocycles. The van der Waals surface area contributed by atoms with Crippen LogP contribution >= 0.6 is 0 Å². The van der Waals surface area contributed by atoms with E-state index < -0.39 is 0 Å². The third kappa shape index (κ3) is 16.9. The van der Waals surface area contributed by atoms with Crippen molar-refractivity contribution >= 4 is 11.4 Å². The predicted octanol–water partition coefficient (Wildman–Crippen LogP) is 14.3. The van der Waals surface area contributed by atoms with Crippen molar-refractivity contribution in [2.24, 2.45) is 0 Å². The molecule has 5 heteroatoms. The summed E-state index contributed by atoms with van der Waals surface area (Å²) in [4.78, 5) is 0. The fourth-order valence-electron chi connectivity index (χ4n) is 6.41. The van der Waals surface area contributed by atoms with Crippen molar-refractivity contribution in [3.05, 3.63) is 148 Å². The number of allylic oxidation sites excluding steroid dienone is 2. The van der Waals surface area contributed by atoms with Gasteiger partial charge in [-0.2, -0.15) is 0 Å². The fraction of sp³-hybridized carbons (Fsp3) is 0.400. The predicted molar refractivity (Wildman–Crippen MR) is 229 cm³/mol. The van der Waals surface area contributed by atoms with Gasteiger partial charge in [-0.3, -0.25) is 0 Å². The van der Waals surface area contributed by atoms with E-state index in [1.807, 2.05) is 12.1 Å². The smallest absolute Gasteiger partial charge is 0.223 e. The monoisotopic (exact) mass is 782 g/mol. The molecule has 0 radical (unpaired) electrons. The summed E-state index contributed by atoms with van der Waals surface area (Å²) in [5, 5.41) is 17.3. The van der Waals surface area contributed by atoms with Crippen LogP contribution in [0.5, 0.6) is 11.5 Å². The summed E-state index contributed by atoms with van der Waals surface area (Å²) in [5.74, 6) is 7.71. The summed E-state index contributed by atoms with van der Waals surface area (Å²) in [6.45, 7) is 8.97. The summed E-state index contributed by atoms with van der Waals surface area (Å²) in [6.07, 6.45) is 18.4. The van der Waals surface area contributed by atoms with Crippen molar-refractivity contribution < 1.29 is 31.4 Å². The van der Waals surface area contributed by atoms with E-state index in [9.17, 15) is 5.53 Å². The summed E-state index contributed by atoms with van der Waals surface area (Å²) in [7, 11) is 0. The van der Waals surface area contributed by atoms with Gasteiger partial charge < -0.3 is 15.7 Å². The van der Waals surface area contributed by atoms with E-state index >= 15 is 0 Å². The van der Waals surface area contributed by atoms with Crippen molar-refractivity contribution in [1.29, 1.82) is 0 Å². The zero-order valence-electron chi connectivity index (χ0n) is 33.8. The third-order valence-corrected chi connectivity index (χ3v) is 9.45. The first-order chi connectivity index (χ1) is 26.4. The Morgan fingerprint density at radius 3 is 1.45 bits per heavy atom. The average Bonchev–Trinajstić information content (AvgIpc) is 3.47. The Labute approximate surface area is 343 Å². The van der Waals surface area contributed by atoms with Crippen molar-refractivity contribution in [2.45, 2.75) is 130 Å². The zero-order chi connectivity index (χ0) is 38.8. The van der Waals surface area contributed by atoms with E-state index in [1.54, 1.807) is 48.5 Å². The normalized spacial score (nSPS) is 11.8. The second kappa shape index (κ2) is 28.1. The SMILES string of the molecule is CCCCC#CC1=C(c2cccc(CCCC)c2)[N+](=[N-])C(c2cccc(CCCC)c2)=C1CCCCCCCC.Oc1ccccc1.Oc1ccccc1.[Ni]. The molecule has 1 aliphatic rings. The maximum atomic E-state index is 12.0. The zero-order valence-corrected chi connectivity index (χ0v) is 34.8. The van der Waals surface area contributed by atoms with Gasteiger partial charge in [-0.1, -0.05) is 152 Å². The number of phenolic OH excluding ortho intramolecular Hbond substituents is 2. The molecule has 2 N–H and O–H groups in total. The molecule has 0 bridgehead atoms. The van der Waals surface area contributed by atoms with Crippen LogP contribution in [0.1, 0.15) is 140 Å². The fourth-order valence-corrected chi connectivity index (χ4v) is 6.41. The van der Waals surface area contributed by atoms with Gasteiger partial charge in [0.1, 0.15) is 17.1 Å². The Hall–Kier alpha value is -4.39. The van der Waals surface area contributed by atoms with Gasteiger partial charge in [0.05, 0.1) is 0 Å². The third-order valence-electron chi connectivity index (χ3n) is 9.45. The standard InChI is InChI=1S/C38H52N2.2C6H6O.Ni/c1-5-9-13-15-16-18-28-36-35(27-17-14-10-6-2)37(33-25-19-23-31(29-33)21-11-7-3)40(39)38(36)34-26-20-24-32(30-34)22-12-8-4;2*7-6-4-2-1-3-5-6;/h19-20,23-26,29-30H,5-16,18,21-22,28H2,1-4H3;2*1-5,7H;. The molecule has 0 aliphatic carbocycles. The van der Waals surface area contributed by atoms with E-state index in [-0.39, 0.29) is 16.5 Å². The number of unbranched alkanes of at least 4 members (excludes halogenated alkanes) is 9. The molecular formula is C50H64N2NiO2. The first kappa shape index (κ1) is 46.8. The first-order valence-electron chi connectivity index (χ1n) is 20.6. The average molecular weight is 784 g/mol. The molecule has 0 atom stereocenters. The number of phenols is 2. The number of aryl methyl sites for hydroxylation is 2. The Bertz CT molecular complexity index is 1760. The number of benzene rings is 4. The Morgan fingerprint density at radius 2 is 0.982 bits per heavy atom. The van der Waals surface area contributed by atoms with Crippen LogP contribution in [0.25, 0.3) is 16.9 Å². The van der Waals surface area contributed by atoms with E-state index in [4.69, 9.17) is 10.2 Å². The van der Waals surface area contributed by atoms with Gasteiger partial charge in [0.15, 0.2) is 0 Å². The number of para-hydroxylation sites is 2. The molecule has 0 saturated heterocycles. The van der Waals surface area contributed by atoms with E-state index in [1.165, 1.54) is 79.2 Å². The number of aromatic hydroxyl groups is 2. The molecule has 0 spiro atoms. The summed E-state index contributed by atoms with van der Waals surface area (Å²) in [6, 6.07) is 35.0. The van der Waals surface area contributed by atoms with Gasteiger partial charge in [0, 0.05) is 39.6 Å². The van der Waals surface area contributed by atoms with Crippen LogP contribution in [0.2, 0.25) is 0 Å². The molecule has 0 amide bonds. The van der Waals surface area contributed by atoms with Gasteiger partial charge in [-0.25, -0.2) is 4.70 Å². The van der Waals surface area contributed by atoms with Crippen LogP contribution in [0.4, 0.5) is 0 Å². The second-order valence-electron chi connectivity index (χ2n) is 14.1. The molecule has 0 unspecified atom stereocenters. The van der Waals surface area contributed by atoms with Crippen LogP contribution in [-0.4, -0.2) is 14.9 Å². The molecule has 0 fully saturated rings. The van der Waals surface area contributed by atoms with Crippen LogP contribution in [0, 0.1) is 11.8 Å². The Kier molecular flexibility index (Phi) is 23.9. The van der Waals surface area contributed by atoms with E-state index in [2.05, 4.69) is 88.1 Å². The molecule has 296 valence electrons. The molecule has 4 nitrogen and oxygen atoms in total. The van der Waals surface area contributed by atoms with Crippen molar-refractivity contribution in [2.75, 3.05) is 0 Å². The first-order valence-corrected chi connectivity index (χ1v) is 20.6. The van der Waals surface area contributed by atoms with Crippen molar-refractivity contribution in [3.8, 4) is 23.3 Å². The molecule has 5 rings (SSSR count). The quantitative estimate of drug-likeness (QED) is 0.0485. The minimum Gasteiger partial charge on any atom is -0.508 e. The van der Waals surface area contributed by atoms with Gasteiger partial charge in [0.25, 0.3) is 0 Å². The van der Waals surface area contributed by atoms with Crippen LogP contribution < -0.4 is 0 Å². The number of hydrogen-bond acceptors (Lipinski definition) is 2. The summed E-state index contributed by atoms with van der Waals surface area (Å²) in [5.41, 5.74) is 20.8.